The maximum atomic E-state index is 13.9. The van der Waals surface area contributed by atoms with Gasteiger partial charge >= 0.3 is 6.18 Å². The summed E-state index contributed by atoms with van der Waals surface area (Å²) in [6, 6.07) is 3.41. The molecule has 1 aliphatic carbocycles. The zero-order valence-electron chi connectivity index (χ0n) is 13.5. The lowest BCUT2D eigenvalue weighted by Crippen LogP contribution is -2.55. The van der Waals surface area contributed by atoms with Crippen molar-refractivity contribution in [3.8, 4) is 0 Å². The lowest BCUT2D eigenvalue weighted by atomic mass is 9.98. The fourth-order valence-corrected chi connectivity index (χ4v) is 3.55. The van der Waals surface area contributed by atoms with Crippen LogP contribution in [0.4, 0.5) is 17.6 Å². The van der Waals surface area contributed by atoms with E-state index in [-0.39, 0.29) is 0 Å². The molecule has 1 aliphatic heterocycles. The van der Waals surface area contributed by atoms with Crippen LogP contribution in [-0.4, -0.2) is 21.9 Å². The molecular formula is C18H17F4N3. The number of allylic oxidation sites excluding steroid dienone is 1. The van der Waals surface area contributed by atoms with E-state index in [1.807, 2.05) is 6.92 Å². The van der Waals surface area contributed by atoms with Gasteiger partial charge in [0.15, 0.2) is 0 Å². The quantitative estimate of drug-likeness (QED) is 0.762. The van der Waals surface area contributed by atoms with Crippen molar-refractivity contribution in [3.63, 3.8) is 0 Å². The number of hydrogen-bond acceptors (Lipinski definition) is 2. The largest absolute Gasteiger partial charge is 0.410 e. The highest BCUT2D eigenvalue weighted by Gasteiger charge is 2.54. The summed E-state index contributed by atoms with van der Waals surface area (Å²) in [7, 11) is 0. The maximum Gasteiger partial charge on any atom is 0.410 e. The second-order valence-electron chi connectivity index (χ2n) is 6.67. The van der Waals surface area contributed by atoms with Gasteiger partial charge in [-0.1, -0.05) is 18.2 Å². The fourth-order valence-electron chi connectivity index (χ4n) is 3.55. The number of benzene rings is 1. The third-order valence-electron chi connectivity index (χ3n) is 4.87. The van der Waals surface area contributed by atoms with Crippen LogP contribution in [0, 0.1) is 11.7 Å². The van der Waals surface area contributed by atoms with Crippen molar-refractivity contribution >= 4 is 5.57 Å². The van der Waals surface area contributed by atoms with E-state index < -0.39 is 30.0 Å². The van der Waals surface area contributed by atoms with E-state index in [9.17, 15) is 17.6 Å². The minimum Gasteiger partial charge on any atom is -0.287 e. The minimum absolute atomic E-state index is 0.412. The Morgan fingerprint density at radius 2 is 1.84 bits per heavy atom. The molecule has 1 aromatic heterocycles. The standard InChI is InChI=1S/C18H17F4N3/c1-11-8-15(12-4-6-14(19)7-5-12)25(24-10-23-9-16(11)24)17(13-2-3-13)18(20,21)22/h4-10,13,15,17H,2-3H2,1H3. The summed E-state index contributed by atoms with van der Waals surface area (Å²) < 4.78 is 56.4. The van der Waals surface area contributed by atoms with Crippen molar-refractivity contribution < 1.29 is 17.6 Å². The second-order valence-corrected chi connectivity index (χ2v) is 6.67. The van der Waals surface area contributed by atoms with Crippen LogP contribution in [0.25, 0.3) is 5.57 Å². The maximum absolute atomic E-state index is 13.9. The fraction of sp³-hybridized carbons (Fsp3) is 0.389. The lowest BCUT2D eigenvalue weighted by Gasteiger charge is -2.43. The molecule has 2 aromatic rings. The van der Waals surface area contributed by atoms with Crippen LogP contribution in [0.15, 0.2) is 42.9 Å². The van der Waals surface area contributed by atoms with Gasteiger partial charge in [0.25, 0.3) is 0 Å². The Kier molecular flexibility index (Phi) is 3.63. The highest BCUT2D eigenvalue weighted by molar-refractivity contribution is 5.64. The van der Waals surface area contributed by atoms with E-state index in [1.54, 1.807) is 24.4 Å². The second kappa shape index (κ2) is 5.61. The molecule has 0 spiro atoms. The normalized spacial score (nSPS) is 21.7. The molecule has 0 N–H and O–H groups in total. The first kappa shape index (κ1) is 16.2. The molecule has 2 unspecified atom stereocenters. The number of aromatic nitrogens is 2. The number of imidazole rings is 1. The van der Waals surface area contributed by atoms with E-state index in [0.717, 1.165) is 5.57 Å². The molecule has 4 rings (SSSR count). The number of nitrogens with zero attached hydrogens (tertiary/aromatic N) is 3. The molecule has 0 radical (unpaired) electrons. The van der Waals surface area contributed by atoms with E-state index in [2.05, 4.69) is 4.98 Å². The Bertz CT molecular complexity index is 802. The zero-order chi connectivity index (χ0) is 17.8. The minimum atomic E-state index is -4.36. The van der Waals surface area contributed by atoms with Crippen LogP contribution in [0.3, 0.4) is 0 Å². The molecule has 2 atom stereocenters. The van der Waals surface area contributed by atoms with Gasteiger partial charge in [0.1, 0.15) is 18.2 Å². The highest BCUT2D eigenvalue weighted by Crippen LogP contribution is 2.46. The Morgan fingerprint density at radius 3 is 2.44 bits per heavy atom. The Balaban J connectivity index is 1.85. The van der Waals surface area contributed by atoms with Crippen molar-refractivity contribution in [2.45, 2.75) is 38.0 Å². The van der Waals surface area contributed by atoms with E-state index >= 15 is 0 Å². The Morgan fingerprint density at radius 1 is 1.16 bits per heavy atom. The summed E-state index contributed by atoms with van der Waals surface area (Å²) in [6.07, 6.45) is 1.54. The van der Waals surface area contributed by atoms with Gasteiger partial charge in [-0.15, -0.1) is 0 Å². The van der Waals surface area contributed by atoms with Gasteiger partial charge in [-0.25, -0.2) is 14.1 Å². The SMILES string of the molecule is CC1=CC(c2ccc(F)cc2)N(C(C2CC2)C(F)(F)F)n2cncc21. The third kappa shape index (κ3) is 2.81. The van der Waals surface area contributed by atoms with Gasteiger partial charge in [0.2, 0.25) is 0 Å². The zero-order valence-corrected chi connectivity index (χ0v) is 13.5. The van der Waals surface area contributed by atoms with Crippen molar-refractivity contribution in [1.82, 2.24) is 9.66 Å². The van der Waals surface area contributed by atoms with Crippen LogP contribution in [0.2, 0.25) is 0 Å². The summed E-state index contributed by atoms with van der Waals surface area (Å²) in [5, 5.41) is 1.35. The molecular weight excluding hydrogens is 334 g/mol. The molecule has 1 saturated carbocycles. The highest BCUT2D eigenvalue weighted by atomic mass is 19.4. The first-order chi connectivity index (χ1) is 11.9. The van der Waals surface area contributed by atoms with Crippen molar-refractivity contribution in [1.29, 1.82) is 0 Å². The first-order valence-electron chi connectivity index (χ1n) is 8.18. The van der Waals surface area contributed by atoms with Crippen LogP contribution >= 0.6 is 0 Å². The predicted molar refractivity (Wildman–Crippen MR) is 85.8 cm³/mol. The van der Waals surface area contributed by atoms with Crippen molar-refractivity contribution in [3.05, 3.63) is 59.9 Å². The average Bonchev–Trinajstić information content (AvgIpc) is 3.23. The van der Waals surface area contributed by atoms with Crippen LogP contribution < -0.4 is 5.01 Å². The van der Waals surface area contributed by atoms with Gasteiger partial charge < -0.3 is 0 Å². The smallest absolute Gasteiger partial charge is 0.287 e. The summed E-state index contributed by atoms with van der Waals surface area (Å²) in [6.45, 7) is 1.85. The van der Waals surface area contributed by atoms with E-state index in [0.29, 0.717) is 24.1 Å². The van der Waals surface area contributed by atoms with E-state index in [1.165, 1.54) is 28.1 Å². The Labute approximate surface area is 142 Å². The number of hydrogen-bond donors (Lipinski definition) is 0. The monoisotopic (exact) mass is 351 g/mol. The van der Waals surface area contributed by atoms with Crippen LogP contribution in [-0.2, 0) is 0 Å². The molecule has 7 heteroatoms. The van der Waals surface area contributed by atoms with Crippen molar-refractivity contribution in [2.24, 2.45) is 5.92 Å². The lowest BCUT2D eigenvalue weighted by molar-refractivity contribution is -0.158. The van der Waals surface area contributed by atoms with Crippen LogP contribution in [0.1, 0.15) is 37.1 Å². The molecule has 1 fully saturated rings. The summed E-state index contributed by atoms with van der Waals surface area (Å²) in [4.78, 5) is 4.04. The third-order valence-corrected chi connectivity index (χ3v) is 4.87. The number of rotatable bonds is 3. The van der Waals surface area contributed by atoms with Gasteiger partial charge in [0.05, 0.1) is 17.9 Å². The van der Waals surface area contributed by atoms with E-state index in [4.69, 9.17) is 0 Å². The van der Waals surface area contributed by atoms with Gasteiger partial charge in [-0.05, 0) is 49.0 Å². The molecule has 1 aromatic carbocycles. The summed E-state index contributed by atoms with van der Waals surface area (Å²) in [5.74, 6) is -0.838. The molecule has 0 saturated heterocycles. The van der Waals surface area contributed by atoms with Gasteiger partial charge in [-0.2, -0.15) is 13.2 Å². The molecule has 2 aliphatic rings. The molecule has 132 valence electrons. The number of halogens is 4. The van der Waals surface area contributed by atoms with Gasteiger partial charge in [0, 0.05) is 0 Å². The molecule has 2 heterocycles. The number of alkyl halides is 3. The summed E-state index contributed by atoms with van der Waals surface area (Å²) in [5.41, 5.74) is 2.11. The summed E-state index contributed by atoms with van der Waals surface area (Å²) >= 11 is 0. The first-order valence-corrected chi connectivity index (χ1v) is 8.18. The topological polar surface area (TPSA) is 21.1 Å². The predicted octanol–water partition coefficient (Wildman–Crippen LogP) is 4.46. The van der Waals surface area contributed by atoms with Crippen molar-refractivity contribution in [2.75, 3.05) is 5.01 Å². The Hall–Kier alpha value is -2.31. The van der Waals surface area contributed by atoms with Gasteiger partial charge in [-0.3, -0.25) is 5.01 Å². The molecule has 25 heavy (non-hydrogen) atoms. The van der Waals surface area contributed by atoms with Crippen LogP contribution in [0.5, 0.6) is 0 Å². The molecule has 3 nitrogen and oxygen atoms in total. The molecule has 0 bridgehead atoms. The number of fused-ring (bicyclic) bond motifs is 1. The average molecular weight is 351 g/mol. The molecule has 0 amide bonds.